The third kappa shape index (κ3) is 2.21. The van der Waals surface area contributed by atoms with Gasteiger partial charge >= 0.3 is 0 Å². The van der Waals surface area contributed by atoms with Crippen molar-refractivity contribution in [1.29, 1.82) is 0 Å². The summed E-state index contributed by atoms with van der Waals surface area (Å²) in [6.07, 6.45) is 0. The maximum Gasteiger partial charge on any atom is 0.0534 e. The largest absolute Gasteiger partial charge is 0.395 e. The van der Waals surface area contributed by atoms with Crippen molar-refractivity contribution in [2.45, 2.75) is 6.92 Å². The van der Waals surface area contributed by atoms with Crippen molar-refractivity contribution >= 4 is 11.6 Å². The second kappa shape index (κ2) is 3.74. The third-order valence-electron chi connectivity index (χ3n) is 1.55. The number of hydrogen-bond donors (Lipinski definition) is 1. The standard InChI is InChI=1S/C9H10ClO/c1-7(6-11)8-3-2-4-9(10)5-8/h2-5,11H,6H2,1H3. The highest BCUT2D eigenvalue weighted by Gasteiger charge is 2.03. The van der Waals surface area contributed by atoms with E-state index in [4.69, 9.17) is 16.7 Å². The summed E-state index contributed by atoms with van der Waals surface area (Å²) in [7, 11) is 0. The van der Waals surface area contributed by atoms with E-state index in [-0.39, 0.29) is 6.61 Å². The SMILES string of the molecule is C[C](CO)c1cccc(Cl)c1. The molecule has 0 spiro atoms. The van der Waals surface area contributed by atoms with E-state index in [9.17, 15) is 0 Å². The Morgan fingerprint density at radius 1 is 1.55 bits per heavy atom. The first-order chi connectivity index (χ1) is 5.24. The Bertz CT molecular complexity index is 235. The molecule has 1 N–H and O–H groups in total. The van der Waals surface area contributed by atoms with E-state index in [1.165, 1.54) is 0 Å². The molecule has 11 heavy (non-hydrogen) atoms. The molecule has 2 heteroatoms. The van der Waals surface area contributed by atoms with E-state index in [1.54, 1.807) is 0 Å². The lowest BCUT2D eigenvalue weighted by Crippen LogP contribution is -1.98. The van der Waals surface area contributed by atoms with Crippen molar-refractivity contribution < 1.29 is 5.11 Å². The van der Waals surface area contributed by atoms with Gasteiger partial charge in [-0.25, -0.2) is 0 Å². The van der Waals surface area contributed by atoms with Gasteiger partial charge in [-0.1, -0.05) is 30.7 Å². The number of hydrogen-bond acceptors (Lipinski definition) is 1. The quantitative estimate of drug-likeness (QED) is 0.720. The van der Waals surface area contributed by atoms with Crippen molar-refractivity contribution in [3.63, 3.8) is 0 Å². The summed E-state index contributed by atoms with van der Waals surface area (Å²) in [6, 6.07) is 7.46. The minimum Gasteiger partial charge on any atom is -0.395 e. The monoisotopic (exact) mass is 169 g/mol. The number of benzene rings is 1. The summed E-state index contributed by atoms with van der Waals surface area (Å²) >= 11 is 5.75. The van der Waals surface area contributed by atoms with Gasteiger partial charge in [0.25, 0.3) is 0 Å². The molecule has 59 valence electrons. The predicted molar refractivity (Wildman–Crippen MR) is 46.6 cm³/mol. The van der Waals surface area contributed by atoms with Gasteiger partial charge in [0, 0.05) is 10.9 Å². The first-order valence-electron chi connectivity index (χ1n) is 3.43. The average Bonchev–Trinajstić information content (AvgIpc) is 2.03. The summed E-state index contributed by atoms with van der Waals surface area (Å²) in [4.78, 5) is 0. The van der Waals surface area contributed by atoms with Gasteiger partial charge in [0.05, 0.1) is 6.61 Å². The van der Waals surface area contributed by atoms with Crippen LogP contribution in [-0.4, -0.2) is 11.7 Å². The zero-order valence-electron chi connectivity index (χ0n) is 6.34. The topological polar surface area (TPSA) is 20.2 Å². The molecule has 0 amide bonds. The Hall–Kier alpha value is -0.530. The van der Waals surface area contributed by atoms with Gasteiger partial charge in [-0.15, -0.1) is 0 Å². The van der Waals surface area contributed by atoms with Gasteiger partial charge in [-0.2, -0.15) is 0 Å². The molecule has 0 unspecified atom stereocenters. The summed E-state index contributed by atoms with van der Waals surface area (Å²) in [5, 5.41) is 9.50. The molecule has 1 radical (unpaired) electrons. The minimum atomic E-state index is 0.0837. The van der Waals surface area contributed by atoms with Crippen molar-refractivity contribution in [1.82, 2.24) is 0 Å². The van der Waals surface area contributed by atoms with Crippen molar-refractivity contribution in [3.05, 3.63) is 40.8 Å². The van der Waals surface area contributed by atoms with Crippen LogP contribution in [0.1, 0.15) is 12.5 Å². The van der Waals surface area contributed by atoms with Crippen LogP contribution in [0, 0.1) is 5.92 Å². The third-order valence-corrected chi connectivity index (χ3v) is 1.79. The first-order valence-corrected chi connectivity index (χ1v) is 3.81. The summed E-state index contributed by atoms with van der Waals surface area (Å²) < 4.78 is 0. The Balaban J connectivity index is 2.86. The van der Waals surface area contributed by atoms with E-state index in [0.717, 1.165) is 11.5 Å². The molecule has 1 rings (SSSR count). The van der Waals surface area contributed by atoms with E-state index in [0.29, 0.717) is 5.02 Å². The van der Waals surface area contributed by atoms with E-state index in [2.05, 4.69) is 0 Å². The number of halogens is 1. The zero-order valence-corrected chi connectivity index (χ0v) is 7.10. The minimum absolute atomic E-state index is 0.0837. The fraction of sp³-hybridized carbons (Fsp3) is 0.222. The maximum atomic E-state index is 8.80. The molecule has 0 fully saturated rings. The van der Waals surface area contributed by atoms with Gasteiger partial charge in [-0.3, -0.25) is 0 Å². The van der Waals surface area contributed by atoms with Crippen LogP contribution in [0.2, 0.25) is 5.02 Å². The van der Waals surface area contributed by atoms with Gasteiger partial charge in [-0.05, 0) is 17.7 Å². The molecule has 0 aliphatic rings. The molecule has 1 nitrogen and oxygen atoms in total. The molecule has 0 atom stereocenters. The summed E-state index contributed by atoms with van der Waals surface area (Å²) in [5.74, 6) is 0.938. The van der Waals surface area contributed by atoms with Gasteiger partial charge in [0.2, 0.25) is 0 Å². The van der Waals surface area contributed by atoms with Crippen LogP contribution >= 0.6 is 11.6 Å². The van der Waals surface area contributed by atoms with Crippen molar-refractivity contribution in [2.24, 2.45) is 0 Å². The van der Waals surface area contributed by atoms with Crippen LogP contribution in [0.5, 0.6) is 0 Å². The molecule has 1 aromatic rings. The second-order valence-electron chi connectivity index (χ2n) is 2.45. The first kappa shape index (κ1) is 8.57. The molecule has 0 saturated heterocycles. The van der Waals surface area contributed by atoms with Crippen molar-refractivity contribution in [3.8, 4) is 0 Å². The van der Waals surface area contributed by atoms with Crippen LogP contribution in [0.3, 0.4) is 0 Å². The highest BCUT2D eigenvalue weighted by atomic mass is 35.5. The van der Waals surface area contributed by atoms with Crippen LogP contribution in [0.15, 0.2) is 24.3 Å². The van der Waals surface area contributed by atoms with Gasteiger partial charge in [0.15, 0.2) is 0 Å². The number of aliphatic hydroxyl groups is 1. The molecule has 0 aliphatic carbocycles. The highest BCUT2D eigenvalue weighted by molar-refractivity contribution is 6.30. The molecule has 1 aromatic carbocycles. The van der Waals surface area contributed by atoms with E-state index in [1.807, 2.05) is 31.2 Å². The fourth-order valence-electron chi connectivity index (χ4n) is 0.845. The Labute approximate surface area is 71.6 Å². The molecule has 0 saturated carbocycles. The van der Waals surface area contributed by atoms with Crippen molar-refractivity contribution in [2.75, 3.05) is 6.61 Å². The fourth-order valence-corrected chi connectivity index (χ4v) is 1.04. The Morgan fingerprint density at radius 2 is 2.27 bits per heavy atom. The molecule has 0 heterocycles. The van der Waals surface area contributed by atoms with Crippen LogP contribution < -0.4 is 0 Å². The van der Waals surface area contributed by atoms with Gasteiger partial charge < -0.3 is 5.11 Å². The zero-order chi connectivity index (χ0) is 8.27. The van der Waals surface area contributed by atoms with E-state index < -0.39 is 0 Å². The molecule has 0 aliphatic heterocycles. The van der Waals surface area contributed by atoms with Crippen LogP contribution in [0.4, 0.5) is 0 Å². The van der Waals surface area contributed by atoms with Crippen LogP contribution in [0.25, 0.3) is 0 Å². The number of aliphatic hydroxyl groups excluding tert-OH is 1. The van der Waals surface area contributed by atoms with Gasteiger partial charge in [0.1, 0.15) is 0 Å². The lowest BCUT2D eigenvalue weighted by Gasteiger charge is -2.06. The lowest BCUT2D eigenvalue weighted by atomic mass is 10.0. The van der Waals surface area contributed by atoms with Crippen LogP contribution in [-0.2, 0) is 0 Å². The highest BCUT2D eigenvalue weighted by Crippen LogP contribution is 2.17. The average molecular weight is 170 g/mol. The maximum absolute atomic E-state index is 8.80. The molecular weight excluding hydrogens is 160 g/mol. The molecular formula is C9H10ClO. The molecule has 0 bridgehead atoms. The smallest absolute Gasteiger partial charge is 0.0534 e. The Kier molecular flexibility index (Phi) is 2.92. The van der Waals surface area contributed by atoms with E-state index >= 15 is 0 Å². The second-order valence-corrected chi connectivity index (χ2v) is 2.89. The summed E-state index contributed by atoms with van der Waals surface area (Å²) in [6.45, 7) is 1.96. The predicted octanol–water partition coefficient (Wildman–Crippen LogP) is 2.27. The lowest BCUT2D eigenvalue weighted by molar-refractivity contribution is 0.315. The summed E-state index contributed by atoms with van der Waals surface area (Å²) in [5.41, 5.74) is 1.00. The Morgan fingerprint density at radius 3 is 2.82 bits per heavy atom. The normalized spacial score (nSPS) is 10.5. The number of rotatable bonds is 2. The molecule has 0 aromatic heterocycles.